The first-order valence-corrected chi connectivity index (χ1v) is 4.63. The summed E-state index contributed by atoms with van der Waals surface area (Å²) in [6.07, 6.45) is 5.98. The highest BCUT2D eigenvalue weighted by atomic mass is 16.2. The van der Waals surface area contributed by atoms with Crippen LogP contribution in [0.3, 0.4) is 0 Å². The second-order valence-electron chi connectivity index (χ2n) is 3.77. The minimum atomic E-state index is 0.320. The number of nitrogens with one attached hydrogen (secondary N) is 1. The summed E-state index contributed by atoms with van der Waals surface area (Å²) in [5, 5.41) is 12.2. The van der Waals surface area contributed by atoms with Crippen molar-refractivity contribution < 1.29 is 5.11 Å². The Morgan fingerprint density at radius 2 is 2.27 bits per heavy atom. The molecule has 1 saturated heterocycles. The van der Waals surface area contributed by atoms with Gasteiger partial charge in [0.15, 0.2) is 0 Å². The summed E-state index contributed by atoms with van der Waals surface area (Å²) in [5.74, 6) is 0. The summed E-state index contributed by atoms with van der Waals surface area (Å²) in [6, 6.07) is 0. The summed E-state index contributed by atoms with van der Waals surface area (Å²) in [4.78, 5) is 0. The van der Waals surface area contributed by atoms with Crippen molar-refractivity contribution in [2.45, 2.75) is 44.6 Å². The van der Waals surface area contributed by atoms with Gasteiger partial charge in [-0.25, -0.2) is 0 Å². The lowest BCUT2D eigenvalue weighted by molar-refractivity contribution is 0.218. The lowest BCUT2D eigenvalue weighted by Gasteiger charge is -2.35. The normalized spacial score (nSPS) is 32.2. The molecule has 66 valence electrons. The number of aliphatic hydroxyl groups excluding tert-OH is 1. The van der Waals surface area contributed by atoms with Gasteiger partial charge in [0.25, 0.3) is 0 Å². The summed E-state index contributed by atoms with van der Waals surface area (Å²) in [7, 11) is 0. The van der Waals surface area contributed by atoms with Gasteiger partial charge in [-0.05, 0) is 39.2 Å². The zero-order chi connectivity index (χ0) is 8.16. The number of hydrogen-bond acceptors (Lipinski definition) is 2. The van der Waals surface area contributed by atoms with E-state index in [2.05, 4.69) is 12.2 Å². The van der Waals surface area contributed by atoms with Gasteiger partial charge in [-0.2, -0.15) is 0 Å². The van der Waals surface area contributed by atoms with Crippen molar-refractivity contribution in [1.29, 1.82) is 0 Å². The molecular weight excluding hydrogens is 138 g/mol. The molecule has 0 radical (unpaired) electrons. The van der Waals surface area contributed by atoms with Gasteiger partial charge in [0, 0.05) is 12.1 Å². The maximum Gasteiger partial charge on any atom is 0.0431 e. The van der Waals surface area contributed by atoms with Crippen LogP contribution in [0.15, 0.2) is 0 Å². The van der Waals surface area contributed by atoms with Crippen LogP contribution >= 0.6 is 0 Å². The van der Waals surface area contributed by atoms with Gasteiger partial charge >= 0.3 is 0 Å². The molecule has 0 aromatic rings. The fraction of sp³-hybridized carbons (Fsp3) is 1.00. The van der Waals surface area contributed by atoms with Gasteiger partial charge in [-0.3, -0.25) is 0 Å². The second kappa shape index (κ2) is 4.07. The summed E-state index contributed by atoms with van der Waals surface area (Å²) in [6.45, 7) is 3.75. The van der Waals surface area contributed by atoms with Gasteiger partial charge in [-0.1, -0.05) is 6.42 Å². The first-order valence-electron chi connectivity index (χ1n) is 4.63. The van der Waals surface area contributed by atoms with Crippen LogP contribution < -0.4 is 5.32 Å². The fourth-order valence-electron chi connectivity index (χ4n) is 1.80. The van der Waals surface area contributed by atoms with Gasteiger partial charge in [-0.15, -0.1) is 0 Å². The van der Waals surface area contributed by atoms with Gasteiger partial charge < -0.3 is 10.4 Å². The predicted molar refractivity (Wildman–Crippen MR) is 46.6 cm³/mol. The quantitative estimate of drug-likeness (QED) is 0.647. The molecule has 1 aliphatic heterocycles. The predicted octanol–water partition coefficient (Wildman–Crippen LogP) is 1.29. The number of rotatable bonds is 3. The van der Waals surface area contributed by atoms with Crippen LogP contribution in [0.2, 0.25) is 0 Å². The van der Waals surface area contributed by atoms with Crippen molar-refractivity contribution in [1.82, 2.24) is 5.32 Å². The molecule has 2 nitrogen and oxygen atoms in total. The van der Waals surface area contributed by atoms with Crippen molar-refractivity contribution in [3.05, 3.63) is 0 Å². The Bertz CT molecular complexity index is 108. The topological polar surface area (TPSA) is 32.3 Å². The van der Waals surface area contributed by atoms with Crippen LogP contribution in [0.4, 0.5) is 0 Å². The lowest BCUT2D eigenvalue weighted by Crippen LogP contribution is -2.45. The molecule has 1 atom stereocenters. The molecule has 0 aliphatic carbocycles. The Morgan fingerprint density at radius 3 is 2.82 bits per heavy atom. The molecule has 1 fully saturated rings. The molecule has 0 bridgehead atoms. The standard InChI is InChI=1S/C9H19NO/c1-9(6-4-8-11)5-2-3-7-10-9/h10-11H,2-8H2,1H3. The van der Waals surface area contributed by atoms with Gasteiger partial charge in [0.1, 0.15) is 0 Å². The molecule has 1 unspecified atom stereocenters. The van der Waals surface area contributed by atoms with E-state index in [-0.39, 0.29) is 0 Å². The van der Waals surface area contributed by atoms with Crippen LogP contribution in [0, 0.1) is 0 Å². The fourth-order valence-corrected chi connectivity index (χ4v) is 1.80. The van der Waals surface area contributed by atoms with Crippen LogP contribution in [0.5, 0.6) is 0 Å². The minimum Gasteiger partial charge on any atom is -0.396 e. The van der Waals surface area contributed by atoms with E-state index in [1.54, 1.807) is 0 Å². The van der Waals surface area contributed by atoms with Crippen LogP contribution in [0.1, 0.15) is 39.0 Å². The Labute approximate surface area is 69.0 Å². The maximum atomic E-state index is 8.68. The number of hydrogen-bond donors (Lipinski definition) is 2. The van der Waals surface area contributed by atoms with Crippen LogP contribution in [-0.2, 0) is 0 Å². The average Bonchev–Trinajstić information content (AvgIpc) is 2.03. The SMILES string of the molecule is CC1(CCCO)CCCCN1. The van der Waals surface area contributed by atoms with Crippen molar-refractivity contribution in [2.75, 3.05) is 13.2 Å². The zero-order valence-electron chi connectivity index (χ0n) is 7.40. The largest absolute Gasteiger partial charge is 0.396 e. The first-order chi connectivity index (χ1) is 5.27. The Hall–Kier alpha value is -0.0800. The summed E-state index contributed by atoms with van der Waals surface area (Å²) in [5.41, 5.74) is 0.320. The third kappa shape index (κ3) is 2.80. The van der Waals surface area contributed by atoms with Gasteiger partial charge in [0.2, 0.25) is 0 Å². The highest BCUT2D eigenvalue weighted by Gasteiger charge is 2.24. The van der Waals surface area contributed by atoms with E-state index >= 15 is 0 Å². The van der Waals surface area contributed by atoms with Crippen molar-refractivity contribution in [3.8, 4) is 0 Å². The van der Waals surface area contributed by atoms with E-state index < -0.39 is 0 Å². The molecular formula is C9H19NO. The number of aliphatic hydroxyl groups is 1. The Kier molecular flexibility index (Phi) is 3.34. The highest BCUT2D eigenvalue weighted by molar-refractivity contribution is 4.85. The highest BCUT2D eigenvalue weighted by Crippen LogP contribution is 2.23. The summed E-state index contributed by atoms with van der Waals surface area (Å²) >= 11 is 0. The lowest BCUT2D eigenvalue weighted by atomic mass is 9.87. The third-order valence-electron chi connectivity index (χ3n) is 2.59. The molecule has 1 rings (SSSR count). The molecule has 0 amide bonds. The zero-order valence-corrected chi connectivity index (χ0v) is 7.40. The van der Waals surface area contributed by atoms with E-state index in [9.17, 15) is 0 Å². The van der Waals surface area contributed by atoms with Crippen molar-refractivity contribution >= 4 is 0 Å². The van der Waals surface area contributed by atoms with E-state index in [4.69, 9.17) is 5.11 Å². The first kappa shape index (κ1) is 9.01. The van der Waals surface area contributed by atoms with E-state index in [1.165, 1.54) is 19.3 Å². The second-order valence-corrected chi connectivity index (χ2v) is 3.77. The molecule has 2 N–H and O–H groups in total. The molecule has 2 heteroatoms. The molecule has 11 heavy (non-hydrogen) atoms. The van der Waals surface area contributed by atoms with Crippen LogP contribution in [0.25, 0.3) is 0 Å². The molecule has 0 aromatic carbocycles. The van der Waals surface area contributed by atoms with E-state index in [0.29, 0.717) is 12.1 Å². The maximum absolute atomic E-state index is 8.68. The molecule has 1 heterocycles. The molecule has 0 spiro atoms. The van der Waals surface area contributed by atoms with Crippen molar-refractivity contribution in [3.63, 3.8) is 0 Å². The van der Waals surface area contributed by atoms with Gasteiger partial charge in [0.05, 0.1) is 0 Å². The summed E-state index contributed by atoms with van der Waals surface area (Å²) < 4.78 is 0. The number of piperidine rings is 1. The smallest absolute Gasteiger partial charge is 0.0431 e. The Morgan fingerprint density at radius 1 is 1.45 bits per heavy atom. The van der Waals surface area contributed by atoms with Crippen molar-refractivity contribution in [2.24, 2.45) is 0 Å². The average molecular weight is 157 g/mol. The molecule has 0 aromatic heterocycles. The molecule has 1 aliphatic rings. The minimum absolute atomic E-state index is 0.320. The van der Waals surface area contributed by atoms with Crippen LogP contribution in [-0.4, -0.2) is 23.8 Å². The Balaban J connectivity index is 2.25. The third-order valence-corrected chi connectivity index (χ3v) is 2.59. The monoisotopic (exact) mass is 157 g/mol. The van der Waals surface area contributed by atoms with E-state index in [1.807, 2.05) is 0 Å². The van der Waals surface area contributed by atoms with E-state index in [0.717, 1.165) is 19.4 Å². The molecule has 0 saturated carbocycles.